The molecule has 32 heavy (non-hydrogen) atoms. The third kappa shape index (κ3) is 6.32. The molecule has 1 saturated heterocycles. The summed E-state index contributed by atoms with van der Waals surface area (Å²) in [7, 11) is 0. The van der Waals surface area contributed by atoms with E-state index < -0.39 is 0 Å². The van der Waals surface area contributed by atoms with E-state index in [0.717, 1.165) is 15.7 Å². The molecule has 0 aliphatic carbocycles. The lowest BCUT2D eigenvalue weighted by molar-refractivity contribution is -0.126. The van der Waals surface area contributed by atoms with E-state index in [1.54, 1.807) is 29.2 Å². The number of carbonyl (C=O) groups is 3. The average Bonchev–Trinajstić information content (AvgIpc) is 3.14. The van der Waals surface area contributed by atoms with Crippen molar-refractivity contribution < 1.29 is 19.1 Å². The quantitative estimate of drug-likeness (QED) is 0.574. The van der Waals surface area contributed by atoms with Crippen molar-refractivity contribution >= 4 is 45.0 Å². The molecule has 0 bridgehead atoms. The van der Waals surface area contributed by atoms with E-state index >= 15 is 0 Å². The lowest BCUT2D eigenvalue weighted by Crippen LogP contribution is -2.35. The molecular formula is C24H28BrN3O4. The zero-order valence-electron chi connectivity index (χ0n) is 18.5. The van der Waals surface area contributed by atoms with Crippen molar-refractivity contribution in [2.45, 2.75) is 27.2 Å². The fraction of sp³-hybridized carbons (Fsp3) is 0.375. The van der Waals surface area contributed by atoms with E-state index in [9.17, 15) is 14.4 Å². The minimum absolute atomic E-state index is 0.0763. The monoisotopic (exact) mass is 501 g/mol. The Balaban J connectivity index is 1.52. The van der Waals surface area contributed by atoms with Gasteiger partial charge in [0.2, 0.25) is 11.8 Å². The van der Waals surface area contributed by atoms with E-state index in [-0.39, 0.29) is 36.7 Å². The molecule has 1 fully saturated rings. The normalized spacial score (nSPS) is 15.7. The van der Waals surface area contributed by atoms with E-state index in [4.69, 9.17) is 4.74 Å². The first-order valence-electron chi connectivity index (χ1n) is 10.6. The summed E-state index contributed by atoms with van der Waals surface area (Å²) >= 11 is 3.40. The summed E-state index contributed by atoms with van der Waals surface area (Å²) in [5, 5.41) is 5.73. The third-order valence-corrected chi connectivity index (χ3v) is 5.65. The molecule has 1 aliphatic heterocycles. The van der Waals surface area contributed by atoms with Gasteiger partial charge in [0.05, 0.1) is 5.92 Å². The number of aryl methyl sites for hydroxylation is 1. The summed E-state index contributed by atoms with van der Waals surface area (Å²) in [5.74, 6) is 0.122. The number of nitrogens with zero attached hydrogens (tertiary/aromatic N) is 1. The molecule has 0 saturated carbocycles. The number of amides is 3. The molecule has 2 aromatic rings. The lowest BCUT2D eigenvalue weighted by Gasteiger charge is -2.17. The Morgan fingerprint density at radius 3 is 2.56 bits per heavy atom. The van der Waals surface area contributed by atoms with Gasteiger partial charge < -0.3 is 20.3 Å². The van der Waals surface area contributed by atoms with Crippen LogP contribution < -0.4 is 20.3 Å². The predicted molar refractivity (Wildman–Crippen MR) is 128 cm³/mol. The second kappa shape index (κ2) is 10.6. The molecule has 2 aromatic carbocycles. The summed E-state index contributed by atoms with van der Waals surface area (Å²) in [6.45, 7) is 6.80. The Morgan fingerprint density at radius 2 is 1.91 bits per heavy atom. The van der Waals surface area contributed by atoms with Gasteiger partial charge in [-0.1, -0.05) is 29.8 Å². The minimum Gasteiger partial charge on any atom is -0.484 e. The van der Waals surface area contributed by atoms with Gasteiger partial charge in [-0.2, -0.15) is 0 Å². The lowest BCUT2D eigenvalue weighted by atomic mass is 10.1. The second-order valence-corrected chi connectivity index (χ2v) is 9.25. The van der Waals surface area contributed by atoms with Crippen LogP contribution in [-0.4, -0.2) is 37.4 Å². The van der Waals surface area contributed by atoms with Gasteiger partial charge in [0.1, 0.15) is 5.75 Å². The van der Waals surface area contributed by atoms with Crippen molar-refractivity contribution in [3.8, 4) is 5.75 Å². The highest BCUT2D eigenvalue weighted by Gasteiger charge is 2.35. The van der Waals surface area contributed by atoms with Crippen molar-refractivity contribution in [2.24, 2.45) is 11.8 Å². The smallest absolute Gasteiger partial charge is 0.262 e. The van der Waals surface area contributed by atoms with E-state index in [0.29, 0.717) is 30.4 Å². The molecule has 0 spiro atoms. The molecule has 7 nitrogen and oxygen atoms in total. The first-order chi connectivity index (χ1) is 15.2. The van der Waals surface area contributed by atoms with Gasteiger partial charge in [-0.3, -0.25) is 14.4 Å². The molecule has 2 N–H and O–H groups in total. The number of hydrogen-bond donors (Lipinski definition) is 2. The molecular weight excluding hydrogens is 474 g/mol. The zero-order valence-corrected chi connectivity index (χ0v) is 20.1. The fourth-order valence-corrected chi connectivity index (χ4v) is 3.88. The Morgan fingerprint density at radius 1 is 1.19 bits per heavy atom. The summed E-state index contributed by atoms with van der Waals surface area (Å²) < 4.78 is 6.52. The van der Waals surface area contributed by atoms with Crippen LogP contribution in [0.3, 0.4) is 0 Å². The predicted octanol–water partition coefficient (Wildman–Crippen LogP) is 3.90. The molecule has 0 aromatic heterocycles. The van der Waals surface area contributed by atoms with Crippen molar-refractivity contribution in [1.29, 1.82) is 0 Å². The maximum atomic E-state index is 12.4. The Bertz CT molecular complexity index is 991. The van der Waals surface area contributed by atoms with Crippen LogP contribution in [-0.2, 0) is 14.4 Å². The molecule has 3 amide bonds. The number of benzene rings is 2. The summed E-state index contributed by atoms with van der Waals surface area (Å²) in [5.41, 5.74) is 2.39. The van der Waals surface area contributed by atoms with Crippen molar-refractivity contribution in [3.05, 3.63) is 52.5 Å². The van der Waals surface area contributed by atoms with Crippen LogP contribution in [0.25, 0.3) is 0 Å². The zero-order chi connectivity index (χ0) is 23.3. The van der Waals surface area contributed by atoms with Gasteiger partial charge in [0.25, 0.3) is 5.91 Å². The third-order valence-electron chi connectivity index (χ3n) is 5.16. The standard InChI is InChI=1S/C24H28BrN3O4/c1-15(2)12-26-24(31)17-11-23(30)28(13-17)19-5-7-20(8-6-19)32-14-22(29)27-21-9-4-18(25)10-16(21)3/h4-10,15,17H,11-14H2,1-3H3,(H,26,31)(H,27,29)/t17-/m1/s1. The van der Waals surface area contributed by atoms with Crippen molar-refractivity contribution in [3.63, 3.8) is 0 Å². The van der Waals surface area contributed by atoms with Gasteiger partial charge in [0.15, 0.2) is 6.61 Å². The Kier molecular flexibility index (Phi) is 7.90. The average molecular weight is 502 g/mol. The number of nitrogens with one attached hydrogen (secondary N) is 2. The molecule has 1 heterocycles. The molecule has 170 valence electrons. The molecule has 0 unspecified atom stereocenters. The fourth-order valence-electron chi connectivity index (χ4n) is 3.41. The number of anilines is 2. The van der Waals surface area contributed by atoms with Crippen LogP contribution >= 0.6 is 15.9 Å². The largest absolute Gasteiger partial charge is 0.484 e. The van der Waals surface area contributed by atoms with Crippen LogP contribution in [0.4, 0.5) is 11.4 Å². The number of hydrogen-bond acceptors (Lipinski definition) is 4. The molecule has 1 aliphatic rings. The number of ether oxygens (including phenoxy) is 1. The SMILES string of the molecule is Cc1cc(Br)ccc1NC(=O)COc1ccc(N2C[C@H](C(=O)NCC(C)C)CC2=O)cc1. The van der Waals surface area contributed by atoms with E-state index in [2.05, 4.69) is 26.6 Å². The van der Waals surface area contributed by atoms with Gasteiger partial charge in [-0.25, -0.2) is 0 Å². The van der Waals surface area contributed by atoms with Gasteiger partial charge in [-0.05, 0) is 60.9 Å². The van der Waals surface area contributed by atoms with Crippen LogP contribution in [0, 0.1) is 18.8 Å². The van der Waals surface area contributed by atoms with E-state index in [1.165, 1.54) is 0 Å². The Hall–Kier alpha value is -2.87. The minimum atomic E-state index is -0.345. The first kappa shape index (κ1) is 23.8. The van der Waals surface area contributed by atoms with Crippen LogP contribution in [0.5, 0.6) is 5.75 Å². The van der Waals surface area contributed by atoms with Crippen molar-refractivity contribution in [1.82, 2.24) is 5.32 Å². The van der Waals surface area contributed by atoms with Gasteiger partial charge >= 0.3 is 0 Å². The van der Waals surface area contributed by atoms with Crippen LogP contribution in [0.15, 0.2) is 46.9 Å². The number of carbonyl (C=O) groups excluding carboxylic acids is 3. The van der Waals surface area contributed by atoms with Crippen LogP contribution in [0.1, 0.15) is 25.8 Å². The molecule has 8 heteroatoms. The summed E-state index contributed by atoms with van der Waals surface area (Å²) in [6.07, 6.45) is 0.206. The highest BCUT2D eigenvalue weighted by atomic mass is 79.9. The maximum absolute atomic E-state index is 12.4. The highest BCUT2D eigenvalue weighted by Crippen LogP contribution is 2.27. The summed E-state index contributed by atoms with van der Waals surface area (Å²) in [6, 6.07) is 12.6. The van der Waals surface area contributed by atoms with Crippen molar-refractivity contribution in [2.75, 3.05) is 29.9 Å². The van der Waals surface area contributed by atoms with Crippen LogP contribution in [0.2, 0.25) is 0 Å². The second-order valence-electron chi connectivity index (χ2n) is 8.33. The topological polar surface area (TPSA) is 87.7 Å². The Labute approximate surface area is 196 Å². The number of rotatable bonds is 8. The maximum Gasteiger partial charge on any atom is 0.262 e. The van der Waals surface area contributed by atoms with Gasteiger partial charge in [0, 0.05) is 35.4 Å². The van der Waals surface area contributed by atoms with E-state index in [1.807, 2.05) is 39.0 Å². The van der Waals surface area contributed by atoms with Gasteiger partial charge in [-0.15, -0.1) is 0 Å². The summed E-state index contributed by atoms with van der Waals surface area (Å²) in [4.78, 5) is 38.5. The molecule has 0 radical (unpaired) electrons. The highest BCUT2D eigenvalue weighted by molar-refractivity contribution is 9.10. The molecule has 1 atom stereocenters. The first-order valence-corrected chi connectivity index (χ1v) is 11.4. The molecule has 3 rings (SSSR count). The number of halogens is 1.